The Labute approximate surface area is 106 Å². The van der Waals surface area contributed by atoms with Crippen LogP contribution >= 0.6 is 0 Å². The molecule has 0 aliphatic rings. The van der Waals surface area contributed by atoms with E-state index >= 15 is 0 Å². The predicted molar refractivity (Wildman–Crippen MR) is 66.4 cm³/mol. The van der Waals surface area contributed by atoms with E-state index in [1.54, 1.807) is 18.7 Å². The molecule has 18 heavy (non-hydrogen) atoms. The molecule has 6 heteroatoms. The molecule has 100 valence electrons. The summed E-state index contributed by atoms with van der Waals surface area (Å²) in [5, 5.41) is 12.9. The van der Waals surface area contributed by atoms with Crippen LogP contribution < -0.4 is 0 Å². The molecular weight excluding hydrogens is 234 g/mol. The molecule has 1 aromatic rings. The van der Waals surface area contributed by atoms with Crippen LogP contribution in [-0.4, -0.2) is 44.3 Å². The van der Waals surface area contributed by atoms with Gasteiger partial charge in [0.05, 0.1) is 11.8 Å². The fourth-order valence-electron chi connectivity index (χ4n) is 1.66. The van der Waals surface area contributed by atoms with Crippen molar-refractivity contribution in [2.24, 2.45) is 7.05 Å². The average Bonchev–Trinajstić information content (AvgIpc) is 2.65. The summed E-state index contributed by atoms with van der Waals surface area (Å²) in [6, 6.07) is -0.117. The van der Waals surface area contributed by atoms with Gasteiger partial charge in [-0.15, -0.1) is 0 Å². The van der Waals surface area contributed by atoms with Crippen LogP contribution in [0.4, 0.5) is 0 Å². The first-order valence-electron chi connectivity index (χ1n) is 5.89. The monoisotopic (exact) mass is 253 g/mol. The first kappa shape index (κ1) is 14.2. The lowest BCUT2D eigenvalue weighted by Gasteiger charge is -2.26. The molecule has 0 aliphatic heterocycles. The molecular formula is C12H19N3O3. The Hall–Kier alpha value is -1.85. The molecule has 0 bridgehead atoms. The Bertz CT molecular complexity index is 453. The van der Waals surface area contributed by atoms with Crippen LogP contribution in [0.15, 0.2) is 6.20 Å². The van der Waals surface area contributed by atoms with Gasteiger partial charge in [0, 0.05) is 18.8 Å². The van der Waals surface area contributed by atoms with Gasteiger partial charge in [-0.3, -0.25) is 14.3 Å². The third kappa shape index (κ3) is 2.88. The van der Waals surface area contributed by atoms with E-state index in [0.717, 1.165) is 5.69 Å². The zero-order chi connectivity index (χ0) is 13.9. The van der Waals surface area contributed by atoms with E-state index in [-0.39, 0.29) is 18.5 Å². The topological polar surface area (TPSA) is 75.4 Å². The molecule has 0 saturated heterocycles. The first-order chi connectivity index (χ1) is 8.38. The van der Waals surface area contributed by atoms with E-state index in [1.165, 1.54) is 11.1 Å². The van der Waals surface area contributed by atoms with Gasteiger partial charge in [-0.25, -0.2) is 0 Å². The van der Waals surface area contributed by atoms with Crippen LogP contribution in [0.3, 0.4) is 0 Å². The average molecular weight is 253 g/mol. The zero-order valence-corrected chi connectivity index (χ0v) is 11.2. The lowest BCUT2D eigenvalue weighted by Crippen LogP contribution is -2.42. The molecule has 0 aliphatic carbocycles. The molecule has 1 unspecified atom stereocenters. The van der Waals surface area contributed by atoms with Crippen molar-refractivity contribution in [2.75, 3.05) is 6.54 Å². The van der Waals surface area contributed by atoms with Gasteiger partial charge in [0.15, 0.2) is 0 Å². The van der Waals surface area contributed by atoms with Gasteiger partial charge >= 0.3 is 5.97 Å². The second-order valence-electron chi connectivity index (χ2n) is 4.35. The number of nitrogens with zero attached hydrogens (tertiary/aromatic N) is 3. The second-order valence-corrected chi connectivity index (χ2v) is 4.35. The number of aromatic nitrogens is 2. The summed E-state index contributed by atoms with van der Waals surface area (Å²) in [5.41, 5.74) is 1.19. The van der Waals surface area contributed by atoms with Crippen LogP contribution in [0.5, 0.6) is 0 Å². The van der Waals surface area contributed by atoms with Gasteiger partial charge in [-0.05, 0) is 20.3 Å². The summed E-state index contributed by atoms with van der Waals surface area (Å²) >= 11 is 0. The second kappa shape index (κ2) is 5.66. The Morgan fingerprint density at radius 1 is 1.56 bits per heavy atom. The van der Waals surface area contributed by atoms with Crippen molar-refractivity contribution in [2.45, 2.75) is 33.2 Å². The highest BCUT2D eigenvalue weighted by atomic mass is 16.4. The van der Waals surface area contributed by atoms with Crippen molar-refractivity contribution in [1.82, 2.24) is 14.7 Å². The molecule has 1 N–H and O–H groups in total. The van der Waals surface area contributed by atoms with Gasteiger partial charge in [-0.1, -0.05) is 6.92 Å². The fraction of sp³-hybridized carbons (Fsp3) is 0.583. The van der Waals surface area contributed by atoms with E-state index in [2.05, 4.69) is 5.10 Å². The van der Waals surface area contributed by atoms with Crippen LogP contribution in [0.1, 0.15) is 36.3 Å². The fourth-order valence-corrected chi connectivity index (χ4v) is 1.66. The summed E-state index contributed by atoms with van der Waals surface area (Å²) in [6.45, 7) is 5.26. The quantitative estimate of drug-likeness (QED) is 0.851. The van der Waals surface area contributed by atoms with E-state index in [9.17, 15) is 9.59 Å². The van der Waals surface area contributed by atoms with E-state index in [0.29, 0.717) is 12.0 Å². The number of hydrogen-bond acceptors (Lipinski definition) is 3. The van der Waals surface area contributed by atoms with Crippen LogP contribution in [-0.2, 0) is 11.8 Å². The first-order valence-corrected chi connectivity index (χ1v) is 5.89. The maximum Gasteiger partial charge on any atom is 0.323 e. The molecule has 6 nitrogen and oxygen atoms in total. The van der Waals surface area contributed by atoms with Gasteiger partial charge in [0.25, 0.3) is 5.91 Å². The Balaban J connectivity index is 3.02. The minimum absolute atomic E-state index is 0.117. The van der Waals surface area contributed by atoms with Crippen molar-refractivity contribution >= 4 is 11.9 Å². The number of hydrogen-bond donors (Lipinski definition) is 1. The summed E-state index contributed by atoms with van der Waals surface area (Å²) in [5.74, 6) is -1.29. The summed E-state index contributed by atoms with van der Waals surface area (Å²) in [4.78, 5) is 24.5. The third-order valence-electron chi connectivity index (χ3n) is 3.15. The molecule has 1 atom stereocenters. The molecule has 1 heterocycles. The smallest absolute Gasteiger partial charge is 0.323 e. The van der Waals surface area contributed by atoms with Crippen molar-refractivity contribution in [3.8, 4) is 0 Å². The lowest BCUT2D eigenvalue weighted by atomic mass is 10.1. The van der Waals surface area contributed by atoms with Gasteiger partial charge in [-0.2, -0.15) is 5.10 Å². The van der Waals surface area contributed by atoms with Crippen molar-refractivity contribution < 1.29 is 14.7 Å². The number of aliphatic carboxylic acids is 1. The number of carboxylic acids is 1. The molecule has 1 rings (SSSR count). The number of amides is 1. The maximum atomic E-state index is 12.3. The molecule has 0 saturated carbocycles. The van der Waals surface area contributed by atoms with Crippen molar-refractivity contribution in [1.29, 1.82) is 0 Å². The Morgan fingerprint density at radius 2 is 2.17 bits per heavy atom. The number of carboxylic acid groups (broad SMARTS) is 1. The molecule has 1 aromatic heterocycles. The number of carbonyl (C=O) groups is 2. The molecule has 0 fully saturated rings. The summed E-state index contributed by atoms with van der Waals surface area (Å²) in [7, 11) is 1.75. The van der Waals surface area contributed by atoms with Gasteiger partial charge in [0.2, 0.25) is 0 Å². The van der Waals surface area contributed by atoms with E-state index < -0.39 is 5.97 Å². The molecule has 0 radical (unpaired) electrons. The van der Waals surface area contributed by atoms with E-state index in [1.807, 2.05) is 13.8 Å². The standard InChI is InChI=1S/C12H19N3O3/c1-5-8(2)15(7-11(16)17)12(18)10-6-13-14(4)9(10)3/h6,8H,5,7H2,1-4H3,(H,16,17). The predicted octanol–water partition coefficient (Wildman–Crippen LogP) is 1.05. The Kier molecular flexibility index (Phi) is 4.47. The van der Waals surface area contributed by atoms with Gasteiger partial charge in [0.1, 0.15) is 6.54 Å². The maximum absolute atomic E-state index is 12.3. The summed E-state index contributed by atoms with van der Waals surface area (Å²) < 4.78 is 1.60. The molecule has 0 spiro atoms. The number of carbonyl (C=O) groups excluding carboxylic acids is 1. The number of aryl methyl sites for hydroxylation is 1. The minimum atomic E-state index is -1.01. The van der Waals surface area contributed by atoms with Crippen molar-refractivity contribution in [3.63, 3.8) is 0 Å². The lowest BCUT2D eigenvalue weighted by molar-refractivity contribution is -0.138. The summed E-state index contributed by atoms with van der Waals surface area (Å²) in [6.07, 6.45) is 2.19. The Morgan fingerprint density at radius 3 is 2.56 bits per heavy atom. The van der Waals surface area contributed by atoms with Crippen LogP contribution in [0, 0.1) is 6.92 Å². The SMILES string of the molecule is CCC(C)N(CC(=O)O)C(=O)c1cnn(C)c1C. The highest BCUT2D eigenvalue weighted by molar-refractivity contribution is 5.96. The van der Waals surface area contributed by atoms with Crippen molar-refractivity contribution in [3.05, 3.63) is 17.5 Å². The van der Waals surface area contributed by atoms with Gasteiger partial charge < -0.3 is 10.0 Å². The third-order valence-corrected chi connectivity index (χ3v) is 3.15. The number of rotatable bonds is 5. The largest absolute Gasteiger partial charge is 0.480 e. The zero-order valence-electron chi connectivity index (χ0n) is 11.2. The van der Waals surface area contributed by atoms with Crippen LogP contribution in [0.25, 0.3) is 0 Å². The minimum Gasteiger partial charge on any atom is -0.480 e. The highest BCUT2D eigenvalue weighted by Crippen LogP contribution is 2.13. The molecule has 0 aromatic carbocycles. The normalized spacial score (nSPS) is 12.2. The van der Waals surface area contributed by atoms with Crippen LogP contribution in [0.2, 0.25) is 0 Å². The highest BCUT2D eigenvalue weighted by Gasteiger charge is 2.25. The van der Waals surface area contributed by atoms with E-state index in [4.69, 9.17) is 5.11 Å². The molecule has 1 amide bonds.